The van der Waals surface area contributed by atoms with Gasteiger partial charge in [-0.25, -0.2) is 17.5 Å². The fourth-order valence-corrected chi connectivity index (χ4v) is 3.88. The summed E-state index contributed by atoms with van der Waals surface area (Å²) in [5.74, 6) is -0.414. The van der Waals surface area contributed by atoms with E-state index < -0.39 is 14.9 Å². The van der Waals surface area contributed by atoms with Crippen LogP contribution >= 0.6 is 22.3 Å². The molecule has 1 aliphatic carbocycles. The zero-order valence-electron chi connectivity index (χ0n) is 10.1. The fourth-order valence-electron chi connectivity index (χ4n) is 2.03. The van der Waals surface area contributed by atoms with Crippen molar-refractivity contribution in [1.29, 1.82) is 0 Å². The van der Waals surface area contributed by atoms with Gasteiger partial charge in [-0.2, -0.15) is 5.10 Å². The summed E-state index contributed by atoms with van der Waals surface area (Å²) in [5, 5.41) is 4.09. The van der Waals surface area contributed by atoms with Gasteiger partial charge in [0.2, 0.25) is 0 Å². The normalized spacial score (nSPS) is 15.6. The average Bonchev–Trinajstić information content (AvgIpc) is 3.11. The molecule has 0 spiro atoms. The van der Waals surface area contributed by atoms with E-state index in [-0.39, 0.29) is 16.0 Å². The molecule has 106 valence electrons. The zero-order chi connectivity index (χ0) is 14.5. The molecule has 2 aromatic rings. The molecule has 1 aromatic heterocycles. The third kappa shape index (κ3) is 2.43. The Morgan fingerprint density at radius 2 is 2.05 bits per heavy atom. The Morgan fingerprint density at radius 1 is 1.35 bits per heavy atom. The summed E-state index contributed by atoms with van der Waals surface area (Å²) in [4.78, 5) is -0.174. The second kappa shape index (κ2) is 4.72. The maximum Gasteiger partial charge on any atom is 0.266 e. The maximum atomic E-state index is 13.3. The van der Waals surface area contributed by atoms with Crippen LogP contribution in [0.3, 0.4) is 0 Å². The summed E-state index contributed by atoms with van der Waals surface area (Å²) in [7, 11) is 1.43. The van der Waals surface area contributed by atoms with Crippen molar-refractivity contribution >= 4 is 31.3 Å². The molecule has 0 unspecified atom stereocenters. The van der Waals surface area contributed by atoms with Crippen LogP contribution in [0.25, 0.3) is 5.69 Å². The highest BCUT2D eigenvalue weighted by molar-refractivity contribution is 8.13. The van der Waals surface area contributed by atoms with Crippen molar-refractivity contribution in [3.05, 3.63) is 40.9 Å². The van der Waals surface area contributed by atoms with E-state index in [4.69, 9.17) is 22.3 Å². The zero-order valence-corrected chi connectivity index (χ0v) is 12.4. The Morgan fingerprint density at radius 3 is 2.60 bits per heavy atom. The summed E-state index contributed by atoms with van der Waals surface area (Å²) < 4.78 is 37.8. The molecule has 0 aliphatic heterocycles. The number of nitrogens with zero attached hydrogens (tertiary/aromatic N) is 2. The topological polar surface area (TPSA) is 52.0 Å². The number of benzene rings is 1. The van der Waals surface area contributed by atoms with Gasteiger partial charge in [-0.15, -0.1) is 0 Å². The van der Waals surface area contributed by atoms with Crippen LogP contribution in [0.1, 0.15) is 24.5 Å². The lowest BCUT2D eigenvalue weighted by atomic mass is 10.3. The van der Waals surface area contributed by atoms with Crippen LogP contribution in [0, 0.1) is 5.82 Å². The lowest BCUT2D eigenvalue weighted by Crippen LogP contribution is -1.97. The minimum atomic E-state index is -4.00. The van der Waals surface area contributed by atoms with E-state index in [2.05, 4.69) is 5.10 Å². The van der Waals surface area contributed by atoms with Crippen LogP contribution < -0.4 is 0 Å². The number of hydrogen-bond donors (Lipinski definition) is 0. The molecule has 1 fully saturated rings. The Balaban J connectivity index is 2.23. The lowest BCUT2D eigenvalue weighted by molar-refractivity contribution is 0.608. The van der Waals surface area contributed by atoms with Crippen molar-refractivity contribution in [3.8, 4) is 5.69 Å². The van der Waals surface area contributed by atoms with Crippen LogP contribution in [0.5, 0.6) is 0 Å². The fraction of sp³-hybridized carbons (Fsp3) is 0.250. The first-order valence-corrected chi connectivity index (χ1v) is 8.55. The van der Waals surface area contributed by atoms with Gasteiger partial charge in [-0.3, -0.25) is 0 Å². The van der Waals surface area contributed by atoms with Crippen molar-refractivity contribution in [2.45, 2.75) is 23.7 Å². The van der Waals surface area contributed by atoms with Crippen molar-refractivity contribution in [2.24, 2.45) is 0 Å². The molecule has 0 amide bonds. The van der Waals surface area contributed by atoms with E-state index in [0.717, 1.165) is 12.8 Å². The SMILES string of the molecule is O=S(=O)(Cl)c1c(C2CC2)nn(-c2cccc(F)c2)c1Cl. The van der Waals surface area contributed by atoms with Crippen LogP contribution in [0.15, 0.2) is 29.2 Å². The van der Waals surface area contributed by atoms with Crippen molar-refractivity contribution in [3.63, 3.8) is 0 Å². The Kier molecular flexibility index (Phi) is 3.27. The molecule has 8 heteroatoms. The average molecular weight is 335 g/mol. The highest BCUT2D eigenvalue weighted by atomic mass is 35.7. The van der Waals surface area contributed by atoms with Gasteiger partial charge in [-0.1, -0.05) is 17.7 Å². The molecule has 0 N–H and O–H groups in total. The van der Waals surface area contributed by atoms with Gasteiger partial charge in [0.05, 0.1) is 11.4 Å². The van der Waals surface area contributed by atoms with E-state index >= 15 is 0 Å². The second-order valence-electron chi connectivity index (χ2n) is 4.61. The Hall–Kier alpha value is -1.11. The number of hydrogen-bond acceptors (Lipinski definition) is 3. The number of halogens is 3. The van der Waals surface area contributed by atoms with E-state index in [1.54, 1.807) is 6.07 Å². The van der Waals surface area contributed by atoms with E-state index in [9.17, 15) is 12.8 Å². The first-order valence-electron chi connectivity index (χ1n) is 5.87. The predicted octanol–water partition coefficient (Wildman–Crippen LogP) is 3.47. The first-order chi connectivity index (χ1) is 9.38. The second-order valence-corrected chi connectivity index (χ2v) is 7.47. The maximum absolute atomic E-state index is 13.3. The molecule has 0 atom stereocenters. The van der Waals surface area contributed by atoms with E-state index in [0.29, 0.717) is 11.4 Å². The van der Waals surface area contributed by atoms with Crippen LogP contribution in [-0.2, 0) is 9.05 Å². The number of rotatable bonds is 3. The standard InChI is InChI=1S/C12H9Cl2FN2O2S/c13-12-11(20(14,18)19)10(7-4-5-7)16-17(12)9-3-1-2-8(15)6-9/h1-3,6-7H,4-5H2. The molecular weight excluding hydrogens is 326 g/mol. The quantitative estimate of drug-likeness (QED) is 0.807. The monoisotopic (exact) mass is 334 g/mol. The molecule has 1 heterocycles. The molecule has 3 rings (SSSR count). The van der Waals surface area contributed by atoms with Gasteiger partial charge in [0, 0.05) is 16.6 Å². The summed E-state index contributed by atoms with van der Waals surface area (Å²) in [6, 6.07) is 5.58. The van der Waals surface area contributed by atoms with Crippen molar-refractivity contribution in [1.82, 2.24) is 9.78 Å². The molecule has 0 radical (unpaired) electrons. The largest absolute Gasteiger partial charge is 0.266 e. The van der Waals surface area contributed by atoms with E-state index in [1.807, 2.05) is 0 Å². The first kappa shape index (κ1) is 13.9. The summed E-state index contributed by atoms with van der Waals surface area (Å²) in [6.07, 6.45) is 1.69. The molecule has 0 saturated heterocycles. The van der Waals surface area contributed by atoms with Gasteiger partial charge >= 0.3 is 0 Å². The van der Waals surface area contributed by atoms with E-state index in [1.165, 1.54) is 22.9 Å². The summed E-state index contributed by atoms with van der Waals surface area (Å²) >= 11 is 6.09. The van der Waals surface area contributed by atoms with Gasteiger partial charge in [-0.05, 0) is 31.0 Å². The minimum absolute atomic E-state index is 0.0471. The predicted molar refractivity (Wildman–Crippen MR) is 73.5 cm³/mol. The smallest absolute Gasteiger partial charge is 0.220 e. The highest BCUT2D eigenvalue weighted by Gasteiger charge is 2.36. The summed E-state index contributed by atoms with van der Waals surface area (Å²) in [5.41, 5.74) is 0.706. The van der Waals surface area contributed by atoms with Gasteiger partial charge in [0.1, 0.15) is 10.7 Å². The highest BCUT2D eigenvalue weighted by Crippen LogP contribution is 2.45. The lowest BCUT2D eigenvalue weighted by Gasteiger charge is -2.02. The molecule has 4 nitrogen and oxygen atoms in total. The van der Waals surface area contributed by atoms with Crippen molar-refractivity contribution in [2.75, 3.05) is 0 Å². The molecule has 0 bridgehead atoms. The van der Waals surface area contributed by atoms with Crippen LogP contribution in [0.4, 0.5) is 4.39 Å². The van der Waals surface area contributed by atoms with Gasteiger partial charge < -0.3 is 0 Å². The van der Waals surface area contributed by atoms with Gasteiger partial charge in [0.15, 0.2) is 5.15 Å². The third-order valence-electron chi connectivity index (χ3n) is 3.07. The molecular formula is C12H9Cl2FN2O2S. The third-order valence-corrected chi connectivity index (χ3v) is 4.89. The van der Waals surface area contributed by atoms with Gasteiger partial charge in [0.25, 0.3) is 9.05 Å². The molecule has 1 saturated carbocycles. The van der Waals surface area contributed by atoms with Crippen LogP contribution in [-0.4, -0.2) is 18.2 Å². The minimum Gasteiger partial charge on any atom is -0.220 e. The number of aromatic nitrogens is 2. The van der Waals surface area contributed by atoms with Crippen LogP contribution in [0.2, 0.25) is 5.15 Å². The van der Waals surface area contributed by atoms with Crippen molar-refractivity contribution < 1.29 is 12.8 Å². The Bertz CT molecular complexity index is 785. The molecule has 1 aliphatic rings. The Labute approximate surface area is 124 Å². The molecule has 20 heavy (non-hydrogen) atoms. The molecule has 1 aromatic carbocycles. The summed E-state index contributed by atoms with van der Waals surface area (Å²) in [6.45, 7) is 0.